The van der Waals surface area contributed by atoms with Gasteiger partial charge in [-0.1, -0.05) is 32.9 Å². The second-order valence-electron chi connectivity index (χ2n) is 6.56. The summed E-state index contributed by atoms with van der Waals surface area (Å²) in [6, 6.07) is 7.48. The van der Waals surface area contributed by atoms with Gasteiger partial charge in [-0.3, -0.25) is 4.79 Å². The zero-order valence-electron chi connectivity index (χ0n) is 11.8. The molecular formula is C15H22BrNO. The smallest absolute Gasteiger partial charge is 0.252 e. The van der Waals surface area contributed by atoms with E-state index in [1.165, 1.54) is 0 Å². The molecule has 0 fully saturated rings. The summed E-state index contributed by atoms with van der Waals surface area (Å²) in [5.74, 6) is -0.0308. The molecule has 1 rings (SSSR count). The minimum absolute atomic E-state index is 0.0308. The molecule has 100 valence electrons. The molecule has 0 radical (unpaired) electrons. The fourth-order valence-corrected chi connectivity index (χ4v) is 2.85. The Morgan fingerprint density at radius 1 is 1.17 bits per heavy atom. The summed E-state index contributed by atoms with van der Waals surface area (Å²) in [4.78, 5) is 12.2. The van der Waals surface area contributed by atoms with Gasteiger partial charge in [0.1, 0.15) is 0 Å². The Morgan fingerprint density at radius 3 is 2.22 bits per heavy atom. The van der Waals surface area contributed by atoms with Crippen molar-refractivity contribution < 1.29 is 4.79 Å². The topological polar surface area (TPSA) is 29.1 Å². The lowest BCUT2D eigenvalue weighted by Crippen LogP contribution is -2.45. The van der Waals surface area contributed by atoms with Gasteiger partial charge < -0.3 is 5.32 Å². The predicted molar refractivity (Wildman–Crippen MR) is 79.8 cm³/mol. The van der Waals surface area contributed by atoms with Crippen LogP contribution in [-0.4, -0.2) is 11.4 Å². The third-order valence-corrected chi connectivity index (χ3v) is 3.23. The molecule has 1 N–H and O–H groups in total. The molecular weight excluding hydrogens is 290 g/mol. The molecule has 0 unspecified atom stereocenters. The highest BCUT2D eigenvalue weighted by molar-refractivity contribution is 9.10. The normalized spacial score (nSPS) is 12.3. The fourth-order valence-electron chi connectivity index (χ4n) is 2.39. The van der Waals surface area contributed by atoms with Crippen LogP contribution >= 0.6 is 15.9 Å². The first kappa shape index (κ1) is 15.2. The molecule has 2 nitrogen and oxygen atoms in total. The van der Waals surface area contributed by atoms with E-state index < -0.39 is 0 Å². The van der Waals surface area contributed by atoms with E-state index in [0.29, 0.717) is 5.56 Å². The maximum atomic E-state index is 12.2. The average molecular weight is 312 g/mol. The van der Waals surface area contributed by atoms with Gasteiger partial charge in [0.15, 0.2) is 0 Å². The van der Waals surface area contributed by atoms with Gasteiger partial charge in [-0.2, -0.15) is 0 Å². The highest BCUT2D eigenvalue weighted by atomic mass is 79.9. The molecule has 0 aromatic heterocycles. The fraction of sp³-hybridized carbons (Fsp3) is 0.533. The number of amides is 1. The van der Waals surface area contributed by atoms with Crippen LogP contribution in [-0.2, 0) is 0 Å². The molecule has 0 aliphatic rings. The SMILES string of the molecule is CC(C)(C)CC(C)(C)NC(=O)c1ccccc1Br. The Hall–Kier alpha value is -0.830. The number of carbonyl (C=O) groups excluding carboxylic acids is 1. The van der Waals surface area contributed by atoms with Crippen molar-refractivity contribution in [1.29, 1.82) is 0 Å². The van der Waals surface area contributed by atoms with Crippen molar-refractivity contribution in [3.8, 4) is 0 Å². The van der Waals surface area contributed by atoms with Crippen molar-refractivity contribution in [2.75, 3.05) is 0 Å². The van der Waals surface area contributed by atoms with Crippen molar-refractivity contribution in [3.05, 3.63) is 34.3 Å². The number of nitrogens with one attached hydrogen (secondary N) is 1. The maximum absolute atomic E-state index is 12.2. The first-order valence-electron chi connectivity index (χ1n) is 6.18. The Morgan fingerprint density at radius 2 is 1.72 bits per heavy atom. The molecule has 3 heteroatoms. The molecule has 0 saturated carbocycles. The van der Waals surface area contributed by atoms with E-state index in [1.54, 1.807) is 0 Å². The van der Waals surface area contributed by atoms with Gasteiger partial charge in [0.2, 0.25) is 0 Å². The molecule has 0 aliphatic heterocycles. The Balaban J connectivity index is 2.79. The van der Waals surface area contributed by atoms with Crippen LogP contribution in [0.5, 0.6) is 0 Å². The molecule has 18 heavy (non-hydrogen) atoms. The van der Waals surface area contributed by atoms with Crippen molar-refractivity contribution in [2.45, 2.75) is 46.6 Å². The van der Waals surface area contributed by atoms with E-state index in [0.717, 1.165) is 10.9 Å². The predicted octanol–water partition coefficient (Wildman–Crippen LogP) is 4.39. The summed E-state index contributed by atoms with van der Waals surface area (Å²) in [6.07, 6.45) is 0.927. The quantitative estimate of drug-likeness (QED) is 0.881. The van der Waals surface area contributed by atoms with Gasteiger partial charge in [0, 0.05) is 10.0 Å². The summed E-state index contributed by atoms with van der Waals surface area (Å²) in [5.41, 5.74) is 0.648. The molecule has 0 saturated heterocycles. The summed E-state index contributed by atoms with van der Waals surface area (Å²) in [6.45, 7) is 10.7. The minimum Gasteiger partial charge on any atom is -0.347 e. The van der Waals surface area contributed by atoms with Gasteiger partial charge in [-0.15, -0.1) is 0 Å². The van der Waals surface area contributed by atoms with Gasteiger partial charge in [0.05, 0.1) is 5.56 Å². The number of benzene rings is 1. The van der Waals surface area contributed by atoms with Crippen molar-refractivity contribution in [2.24, 2.45) is 5.41 Å². The molecule has 1 aromatic rings. The van der Waals surface area contributed by atoms with E-state index in [9.17, 15) is 4.79 Å². The van der Waals surface area contributed by atoms with Crippen LogP contribution in [0.15, 0.2) is 28.7 Å². The number of hydrogen-bond donors (Lipinski definition) is 1. The van der Waals surface area contributed by atoms with E-state index >= 15 is 0 Å². The summed E-state index contributed by atoms with van der Waals surface area (Å²) in [5, 5.41) is 3.10. The standard InChI is InChI=1S/C15H22BrNO/c1-14(2,3)10-15(4,5)17-13(18)11-8-6-7-9-12(11)16/h6-9H,10H2,1-5H3,(H,17,18). The molecule has 0 heterocycles. The van der Waals surface area contributed by atoms with E-state index in [4.69, 9.17) is 0 Å². The van der Waals surface area contributed by atoms with Crippen LogP contribution in [0.4, 0.5) is 0 Å². The zero-order valence-corrected chi connectivity index (χ0v) is 13.4. The average Bonchev–Trinajstić information content (AvgIpc) is 2.12. The van der Waals surface area contributed by atoms with Crippen molar-refractivity contribution >= 4 is 21.8 Å². The monoisotopic (exact) mass is 311 g/mol. The Labute approximate surface area is 118 Å². The van der Waals surface area contributed by atoms with E-state index in [-0.39, 0.29) is 16.9 Å². The van der Waals surface area contributed by atoms with Gasteiger partial charge in [-0.05, 0) is 53.7 Å². The largest absolute Gasteiger partial charge is 0.347 e. The Bertz CT molecular complexity index is 432. The Kier molecular flexibility index (Phi) is 4.60. The maximum Gasteiger partial charge on any atom is 0.252 e. The van der Waals surface area contributed by atoms with Crippen LogP contribution in [0, 0.1) is 5.41 Å². The van der Waals surface area contributed by atoms with Crippen LogP contribution in [0.3, 0.4) is 0 Å². The summed E-state index contributed by atoms with van der Waals surface area (Å²) in [7, 11) is 0. The number of hydrogen-bond acceptors (Lipinski definition) is 1. The van der Waals surface area contributed by atoms with E-state index in [1.807, 2.05) is 24.3 Å². The lowest BCUT2D eigenvalue weighted by Gasteiger charge is -2.33. The van der Waals surface area contributed by atoms with Gasteiger partial charge in [0.25, 0.3) is 5.91 Å². The van der Waals surface area contributed by atoms with Crippen molar-refractivity contribution in [1.82, 2.24) is 5.32 Å². The third-order valence-electron chi connectivity index (χ3n) is 2.54. The van der Waals surface area contributed by atoms with Crippen molar-refractivity contribution in [3.63, 3.8) is 0 Å². The first-order chi connectivity index (χ1) is 8.11. The molecule has 0 bridgehead atoms. The molecule has 1 aromatic carbocycles. The van der Waals surface area contributed by atoms with Crippen LogP contribution in [0.2, 0.25) is 0 Å². The summed E-state index contributed by atoms with van der Waals surface area (Å²) >= 11 is 3.40. The zero-order chi connectivity index (χ0) is 14.0. The second kappa shape index (κ2) is 5.43. The first-order valence-corrected chi connectivity index (χ1v) is 6.97. The molecule has 1 amide bonds. The third kappa shape index (κ3) is 4.81. The molecule has 0 aliphatic carbocycles. The van der Waals surface area contributed by atoms with Gasteiger partial charge in [-0.25, -0.2) is 0 Å². The van der Waals surface area contributed by atoms with Gasteiger partial charge >= 0.3 is 0 Å². The highest BCUT2D eigenvalue weighted by Crippen LogP contribution is 2.27. The highest BCUT2D eigenvalue weighted by Gasteiger charge is 2.27. The molecule has 0 spiro atoms. The second-order valence-corrected chi connectivity index (χ2v) is 7.41. The van der Waals surface area contributed by atoms with Crippen LogP contribution in [0.1, 0.15) is 51.4 Å². The van der Waals surface area contributed by atoms with E-state index in [2.05, 4.69) is 55.9 Å². The number of rotatable bonds is 3. The lowest BCUT2D eigenvalue weighted by atomic mass is 9.81. The molecule has 0 atom stereocenters. The number of carbonyl (C=O) groups is 1. The lowest BCUT2D eigenvalue weighted by molar-refractivity contribution is 0.0890. The van der Waals surface area contributed by atoms with Crippen LogP contribution < -0.4 is 5.32 Å². The number of halogens is 1. The summed E-state index contributed by atoms with van der Waals surface area (Å²) < 4.78 is 0.828. The minimum atomic E-state index is -0.218. The van der Waals surface area contributed by atoms with Crippen LogP contribution in [0.25, 0.3) is 0 Å².